The maximum absolute atomic E-state index is 13.8. The molecule has 1 aliphatic rings. The predicted octanol–water partition coefficient (Wildman–Crippen LogP) is 1.55. The number of hydrogen-bond donors (Lipinski definition) is 1. The van der Waals surface area contributed by atoms with Crippen LogP contribution in [0.3, 0.4) is 0 Å². The number of halogens is 2. The Morgan fingerprint density at radius 1 is 1.50 bits per heavy atom. The topological polar surface area (TPSA) is 66.6 Å². The molecule has 1 fully saturated rings. The Balaban J connectivity index is 0.00000242. The Labute approximate surface area is 135 Å². The number of benzene rings is 1. The molecule has 0 aromatic heterocycles. The summed E-state index contributed by atoms with van der Waals surface area (Å²) in [5.41, 5.74) is 5.87. The fourth-order valence-corrected chi connectivity index (χ4v) is 2.53. The molecule has 22 heavy (non-hydrogen) atoms. The minimum atomic E-state index is -0.546. The van der Waals surface area contributed by atoms with Gasteiger partial charge in [0.05, 0.1) is 5.69 Å². The minimum Gasteiger partial charge on any atom is -0.334 e. The van der Waals surface area contributed by atoms with Crippen molar-refractivity contribution in [3.05, 3.63) is 30.1 Å². The summed E-state index contributed by atoms with van der Waals surface area (Å²) in [6.45, 7) is 2.15. The molecule has 1 aromatic rings. The van der Waals surface area contributed by atoms with Gasteiger partial charge in [-0.1, -0.05) is 12.1 Å². The largest absolute Gasteiger partial charge is 0.334 e. The van der Waals surface area contributed by atoms with Crippen LogP contribution in [0.5, 0.6) is 0 Å². The molecule has 5 nitrogen and oxygen atoms in total. The van der Waals surface area contributed by atoms with Crippen LogP contribution in [0.15, 0.2) is 24.3 Å². The molecule has 2 unspecified atom stereocenters. The van der Waals surface area contributed by atoms with E-state index in [4.69, 9.17) is 5.73 Å². The first-order chi connectivity index (χ1) is 9.91. The van der Waals surface area contributed by atoms with Gasteiger partial charge in [0.1, 0.15) is 11.9 Å². The van der Waals surface area contributed by atoms with Crippen LogP contribution in [-0.2, 0) is 9.59 Å². The molecule has 1 aromatic carbocycles. The first-order valence-electron chi connectivity index (χ1n) is 6.99. The van der Waals surface area contributed by atoms with Crippen molar-refractivity contribution in [3.8, 4) is 0 Å². The molecule has 0 bridgehead atoms. The van der Waals surface area contributed by atoms with Gasteiger partial charge in [0.15, 0.2) is 0 Å². The highest BCUT2D eigenvalue weighted by atomic mass is 35.5. The van der Waals surface area contributed by atoms with Crippen LogP contribution in [0.25, 0.3) is 0 Å². The number of carbonyl (C=O) groups is 2. The Morgan fingerprint density at radius 2 is 2.14 bits per heavy atom. The number of hydrogen-bond acceptors (Lipinski definition) is 3. The van der Waals surface area contributed by atoms with Crippen LogP contribution < -0.4 is 10.6 Å². The highest BCUT2D eigenvalue weighted by molar-refractivity contribution is 6.01. The van der Waals surface area contributed by atoms with E-state index in [2.05, 4.69) is 0 Å². The lowest BCUT2D eigenvalue weighted by atomic mass is 10.1. The average molecular weight is 330 g/mol. The number of amides is 2. The molecule has 0 spiro atoms. The van der Waals surface area contributed by atoms with E-state index in [-0.39, 0.29) is 42.4 Å². The number of carbonyl (C=O) groups excluding carboxylic acids is 2. The highest BCUT2D eigenvalue weighted by Gasteiger charge is 2.37. The summed E-state index contributed by atoms with van der Waals surface area (Å²) >= 11 is 0. The van der Waals surface area contributed by atoms with E-state index >= 15 is 0 Å². The van der Waals surface area contributed by atoms with E-state index < -0.39 is 11.9 Å². The van der Waals surface area contributed by atoms with Crippen molar-refractivity contribution in [1.82, 2.24) is 4.90 Å². The van der Waals surface area contributed by atoms with Crippen molar-refractivity contribution in [2.45, 2.75) is 31.8 Å². The van der Waals surface area contributed by atoms with E-state index in [0.717, 1.165) is 0 Å². The molecule has 2 N–H and O–H groups in total. The van der Waals surface area contributed by atoms with Gasteiger partial charge in [-0.15, -0.1) is 12.4 Å². The van der Waals surface area contributed by atoms with Crippen molar-refractivity contribution in [3.63, 3.8) is 0 Å². The Morgan fingerprint density at radius 3 is 2.73 bits per heavy atom. The first-order valence-corrected chi connectivity index (χ1v) is 6.99. The summed E-state index contributed by atoms with van der Waals surface area (Å²) in [6, 6.07) is 5.36. The van der Waals surface area contributed by atoms with Gasteiger partial charge in [0.2, 0.25) is 11.8 Å². The van der Waals surface area contributed by atoms with Crippen LogP contribution >= 0.6 is 12.4 Å². The van der Waals surface area contributed by atoms with Crippen molar-refractivity contribution in [1.29, 1.82) is 0 Å². The smallest absolute Gasteiger partial charge is 0.249 e. The number of para-hydroxylation sites is 1. The zero-order valence-electron chi connectivity index (χ0n) is 12.7. The molecular formula is C15H21ClFN3O2. The summed E-state index contributed by atoms with van der Waals surface area (Å²) in [4.78, 5) is 27.2. The van der Waals surface area contributed by atoms with Crippen molar-refractivity contribution in [2.24, 2.45) is 5.73 Å². The molecule has 2 rings (SSSR count). The maximum atomic E-state index is 13.8. The molecule has 1 saturated heterocycles. The number of nitrogens with zero attached hydrogens (tertiary/aromatic N) is 2. The molecule has 0 saturated carbocycles. The highest BCUT2D eigenvalue weighted by Crippen LogP contribution is 2.26. The molecule has 0 radical (unpaired) electrons. The monoisotopic (exact) mass is 329 g/mol. The fraction of sp³-hybridized carbons (Fsp3) is 0.467. The molecule has 7 heteroatoms. The summed E-state index contributed by atoms with van der Waals surface area (Å²) in [5.74, 6) is -0.851. The van der Waals surface area contributed by atoms with Crippen LogP contribution in [0.4, 0.5) is 10.1 Å². The van der Waals surface area contributed by atoms with E-state index in [9.17, 15) is 14.0 Å². The van der Waals surface area contributed by atoms with E-state index in [1.807, 2.05) is 0 Å². The molecule has 1 heterocycles. The second-order valence-electron chi connectivity index (χ2n) is 5.43. The summed E-state index contributed by atoms with van der Waals surface area (Å²) < 4.78 is 13.8. The third-order valence-corrected chi connectivity index (χ3v) is 3.68. The lowest BCUT2D eigenvalue weighted by Gasteiger charge is -2.24. The quantitative estimate of drug-likeness (QED) is 0.911. The fourth-order valence-electron chi connectivity index (χ4n) is 2.53. The van der Waals surface area contributed by atoms with E-state index in [1.54, 1.807) is 32.2 Å². The van der Waals surface area contributed by atoms with Crippen LogP contribution in [0.1, 0.15) is 19.8 Å². The van der Waals surface area contributed by atoms with E-state index in [0.29, 0.717) is 13.0 Å². The zero-order valence-corrected chi connectivity index (χ0v) is 13.5. The predicted molar refractivity (Wildman–Crippen MR) is 85.4 cm³/mol. The number of likely N-dealkylation sites (N-methyl/N-ethyl adjacent to an activating group) is 1. The van der Waals surface area contributed by atoms with Crippen molar-refractivity contribution >= 4 is 29.9 Å². The standard InChI is InChI=1S/C15H20FN3O2.ClH/c1-10(17)9-14(20)18(2)13-7-8-19(15(13)21)12-6-4-3-5-11(12)16;/h3-6,10,13H,7-9,17H2,1-2H3;1H. The summed E-state index contributed by atoms with van der Waals surface area (Å²) in [7, 11) is 1.60. The summed E-state index contributed by atoms with van der Waals surface area (Å²) in [5, 5.41) is 0. The van der Waals surface area contributed by atoms with Crippen molar-refractivity contribution in [2.75, 3.05) is 18.5 Å². The number of nitrogens with two attached hydrogens (primary N) is 1. The Kier molecular flexibility index (Phi) is 6.32. The number of anilines is 1. The average Bonchev–Trinajstić information content (AvgIpc) is 2.79. The van der Waals surface area contributed by atoms with Gasteiger partial charge in [-0.2, -0.15) is 0 Å². The lowest BCUT2D eigenvalue weighted by molar-refractivity contribution is -0.136. The second-order valence-corrected chi connectivity index (χ2v) is 5.43. The first kappa shape index (κ1) is 18.4. The third kappa shape index (κ3) is 3.75. The van der Waals surface area contributed by atoms with E-state index in [1.165, 1.54) is 15.9 Å². The van der Waals surface area contributed by atoms with Gasteiger partial charge >= 0.3 is 0 Å². The van der Waals surface area contributed by atoms with Crippen LogP contribution in [0.2, 0.25) is 0 Å². The van der Waals surface area contributed by atoms with Gasteiger partial charge in [0.25, 0.3) is 0 Å². The molecular weight excluding hydrogens is 309 g/mol. The molecule has 2 atom stereocenters. The number of rotatable bonds is 4. The Bertz CT molecular complexity index is 553. The van der Waals surface area contributed by atoms with Gasteiger partial charge < -0.3 is 15.5 Å². The minimum absolute atomic E-state index is 0. The molecule has 122 valence electrons. The maximum Gasteiger partial charge on any atom is 0.249 e. The molecule has 0 aliphatic carbocycles. The second kappa shape index (κ2) is 7.56. The zero-order chi connectivity index (χ0) is 15.6. The Hall–Kier alpha value is -1.66. The van der Waals surface area contributed by atoms with Gasteiger partial charge in [0, 0.05) is 26.1 Å². The van der Waals surface area contributed by atoms with Crippen molar-refractivity contribution < 1.29 is 14.0 Å². The summed E-state index contributed by atoms with van der Waals surface area (Å²) in [6.07, 6.45) is 0.689. The van der Waals surface area contributed by atoms with Gasteiger partial charge in [-0.25, -0.2) is 4.39 Å². The third-order valence-electron chi connectivity index (χ3n) is 3.68. The molecule has 1 aliphatic heterocycles. The lowest BCUT2D eigenvalue weighted by Crippen LogP contribution is -2.44. The normalized spacial score (nSPS) is 18.8. The SMILES string of the molecule is CC(N)CC(=O)N(C)C1CCN(c2ccccc2F)C1=O.Cl. The van der Waals surface area contributed by atoms with Gasteiger partial charge in [-0.05, 0) is 25.5 Å². The van der Waals surface area contributed by atoms with Gasteiger partial charge in [-0.3, -0.25) is 9.59 Å². The van der Waals surface area contributed by atoms with Crippen LogP contribution in [-0.4, -0.2) is 42.4 Å². The van der Waals surface area contributed by atoms with Crippen LogP contribution in [0, 0.1) is 5.82 Å². The molecule has 2 amide bonds.